The fourth-order valence-electron chi connectivity index (χ4n) is 1.78. The Labute approximate surface area is 118 Å². The van der Waals surface area contributed by atoms with Crippen LogP contribution in [0.4, 0.5) is 0 Å². The van der Waals surface area contributed by atoms with E-state index in [2.05, 4.69) is 23.5 Å². The Morgan fingerprint density at radius 1 is 1.11 bits per heavy atom. The van der Waals surface area contributed by atoms with Gasteiger partial charge in [-0.1, -0.05) is 44.9 Å². The maximum atomic E-state index is 11.0. The molecule has 1 unspecified atom stereocenters. The molecule has 3 nitrogen and oxygen atoms in total. The van der Waals surface area contributed by atoms with Gasteiger partial charge in [0.05, 0.1) is 7.11 Å². The van der Waals surface area contributed by atoms with Gasteiger partial charge in [-0.25, -0.2) is 0 Å². The van der Waals surface area contributed by atoms with E-state index in [9.17, 15) is 4.79 Å². The van der Waals surface area contributed by atoms with Gasteiger partial charge in [-0.05, 0) is 12.8 Å². The van der Waals surface area contributed by atoms with Crippen molar-refractivity contribution >= 4 is 5.97 Å². The largest absolute Gasteiger partial charge is 0.469 e. The van der Waals surface area contributed by atoms with Crippen LogP contribution in [-0.4, -0.2) is 26.3 Å². The third kappa shape index (κ3) is 11.8. The van der Waals surface area contributed by atoms with Crippen molar-refractivity contribution in [1.82, 2.24) is 0 Å². The first-order valence-electron chi connectivity index (χ1n) is 7.32. The molecule has 0 N–H and O–H groups in total. The lowest BCUT2D eigenvalue weighted by molar-refractivity contribution is -0.141. The van der Waals surface area contributed by atoms with Crippen molar-refractivity contribution in [3.8, 4) is 11.8 Å². The molecule has 0 aromatic rings. The second kappa shape index (κ2) is 13.4. The van der Waals surface area contributed by atoms with Gasteiger partial charge < -0.3 is 9.47 Å². The van der Waals surface area contributed by atoms with E-state index in [0.717, 1.165) is 12.8 Å². The monoisotopic (exact) mass is 268 g/mol. The number of hydrogen-bond donors (Lipinski definition) is 0. The highest BCUT2D eigenvalue weighted by Gasteiger charge is 2.07. The van der Waals surface area contributed by atoms with Gasteiger partial charge in [-0.3, -0.25) is 4.79 Å². The molecule has 110 valence electrons. The van der Waals surface area contributed by atoms with Crippen LogP contribution in [0.3, 0.4) is 0 Å². The molecule has 0 saturated carbocycles. The maximum absolute atomic E-state index is 11.0. The minimum Gasteiger partial charge on any atom is -0.469 e. The zero-order chi connectivity index (χ0) is 14.3. The van der Waals surface area contributed by atoms with E-state index in [4.69, 9.17) is 4.74 Å². The van der Waals surface area contributed by atoms with Crippen molar-refractivity contribution in [2.45, 2.75) is 70.8 Å². The third-order valence-corrected chi connectivity index (χ3v) is 3.04. The van der Waals surface area contributed by atoms with E-state index < -0.39 is 0 Å². The quantitative estimate of drug-likeness (QED) is 0.344. The molecular weight excluding hydrogens is 240 g/mol. The van der Waals surface area contributed by atoms with Gasteiger partial charge >= 0.3 is 5.97 Å². The zero-order valence-corrected chi connectivity index (χ0v) is 12.7. The summed E-state index contributed by atoms with van der Waals surface area (Å²) >= 11 is 0. The van der Waals surface area contributed by atoms with E-state index in [1.165, 1.54) is 39.2 Å². The molecule has 1 atom stereocenters. The lowest BCUT2D eigenvalue weighted by Gasteiger charge is -2.06. The number of methoxy groups -OCH3 is 2. The summed E-state index contributed by atoms with van der Waals surface area (Å²) in [4.78, 5) is 11.0. The Hall–Kier alpha value is -1.01. The van der Waals surface area contributed by atoms with Crippen molar-refractivity contribution in [2.24, 2.45) is 0 Å². The lowest BCUT2D eigenvalue weighted by Crippen LogP contribution is -2.11. The van der Waals surface area contributed by atoms with Crippen LogP contribution < -0.4 is 0 Å². The van der Waals surface area contributed by atoms with Crippen LogP contribution >= 0.6 is 0 Å². The molecule has 0 fully saturated rings. The molecular formula is C16H28O3. The lowest BCUT2D eigenvalue weighted by atomic mass is 10.1. The standard InChI is InChI=1S/C16H28O3/c1-4-5-6-7-8-9-10-11-12-15(18-2)13-14-16(17)19-3/h15H,4-10,13-14H2,1-3H3. The van der Waals surface area contributed by atoms with Gasteiger partial charge in [0.2, 0.25) is 0 Å². The van der Waals surface area contributed by atoms with Crippen molar-refractivity contribution in [2.75, 3.05) is 14.2 Å². The fraction of sp³-hybridized carbons (Fsp3) is 0.812. The number of carbonyl (C=O) groups is 1. The number of esters is 1. The van der Waals surface area contributed by atoms with E-state index >= 15 is 0 Å². The molecule has 0 rings (SSSR count). The van der Waals surface area contributed by atoms with Gasteiger partial charge in [0.15, 0.2) is 0 Å². The summed E-state index contributed by atoms with van der Waals surface area (Å²) in [6.07, 6.45) is 9.42. The van der Waals surface area contributed by atoms with Crippen molar-refractivity contribution < 1.29 is 14.3 Å². The van der Waals surface area contributed by atoms with Gasteiger partial charge in [0.1, 0.15) is 6.10 Å². The van der Waals surface area contributed by atoms with Crippen LogP contribution in [0.5, 0.6) is 0 Å². The Bertz CT molecular complexity index is 275. The third-order valence-electron chi connectivity index (χ3n) is 3.04. The average molecular weight is 268 g/mol. The number of unbranched alkanes of at least 4 members (excludes halogenated alkanes) is 6. The highest BCUT2D eigenvalue weighted by Crippen LogP contribution is 2.06. The second-order valence-corrected chi connectivity index (χ2v) is 4.68. The zero-order valence-electron chi connectivity index (χ0n) is 12.7. The van der Waals surface area contributed by atoms with Crippen molar-refractivity contribution in [3.05, 3.63) is 0 Å². The Kier molecular flexibility index (Phi) is 12.7. The van der Waals surface area contributed by atoms with Gasteiger partial charge in [-0.15, -0.1) is 5.92 Å². The van der Waals surface area contributed by atoms with Crippen LogP contribution in [0.1, 0.15) is 64.7 Å². The fourth-order valence-corrected chi connectivity index (χ4v) is 1.78. The van der Waals surface area contributed by atoms with Crippen LogP contribution in [0, 0.1) is 11.8 Å². The predicted octanol–water partition coefficient (Wildman–Crippen LogP) is 3.71. The molecule has 0 bridgehead atoms. The molecule has 0 aliphatic heterocycles. The van der Waals surface area contributed by atoms with Crippen LogP contribution in [-0.2, 0) is 14.3 Å². The maximum Gasteiger partial charge on any atom is 0.305 e. The molecule has 3 heteroatoms. The van der Waals surface area contributed by atoms with Gasteiger partial charge in [-0.2, -0.15) is 0 Å². The molecule has 0 aromatic heterocycles. The van der Waals surface area contributed by atoms with E-state index in [1.54, 1.807) is 7.11 Å². The van der Waals surface area contributed by atoms with E-state index in [0.29, 0.717) is 12.8 Å². The minimum absolute atomic E-state index is 0.154. The number of carbonyl (C=O) groups excluding carboxylic acids is 1. The molecule has 0 heterocycles. The first kappa shape index (κ1) is 18.0. The number of ether oxygens (including phenoxy) is 2. The summed E-state index contributed by atoms with van der Waals surface area (Å²) in [5.41, 5.74) is 0. The summed E-state index contributed by atoms with van der Waals surface area (Å²) in [7, 11) is 3.02. The molecule has 0 radical (unpaired) electrons. The minimum atomic E-state index is -0.209. The molecule has 0 aromatic carbocycles. The van der Waals surface area contributed by atoms with Crippen LogP contribution in [0.2, 0.25) is 0 Å². The molecule has 0 spiro atoms. The summed E-state index contributed by atoms with van der Waals surface area (Å²) < 4.78 is 9.82. The molecule has 19 heavy (non-hydrogen) atoms. The van der Waals surface area contributed by atoms with E-state index in [1.807, 2.05) is 0 Å². The number of hydrogen-bond acceptors (Lipinski definition) is 3. The van der Waals surface area contributed by atoms with Gasteiger partial charge in [0, 0.05) is 20.0 Å². The average Bonchev–Trinajstić information content (AvgIpc) is 2.44. The summed E-state index contributed by atoms with van der Waals surface area (Å²) in [6.45, 7) is 2.23. The first-order chi connectivity index (χ1) is 9.24. The van der Waals surface area contributed by atoms with Crippen LogP contribution in [0.15, 0.2) is 0 Å². The van der Waals surface area contributed by atoms with Crippen LogP contribution in [0.25, 0.3) is 0 Å². The topological polar surface area (TPSA) is 35.5 Å². The highest BCUT2D eigenvalue weighted by atomic mass is 16.5. The summed E-state index contributed by atoms with van der Waals surface area (Å²) in [6, 6.07) is 0. The van der Waals surface area contributed by atoms with Crippen molar-refractivity contribution in [1.29, 1.82) is 0 Å². The molecule has 0 saturated heterocycles. The molecule has 0 aliphatic rings. The Morgan fingerprint density at radius 2 is 1.79 bits per heavy atom. The Balaban J connectivity index is 3.63. The highest BCUT2D eigenvalue weighted by molar-refractivity contribution is 5.69. The van der Waals surface area contributed by atoms with Crippen molar-refractivity contribution in [3.63, 3.8) is 0 Å². The molecule has 0 aliphatic carbocycles. The Morgan fingerprint density at radius 3 is 2.42 bits per heavy atom. The summed E-state index contributed by atoms with van der Waals surface area (Å²) in [5, 5.41) is 0. The first-order valence-corrected chi connectivity index (χ1v) is 7.32. The predicted molar refractivity (Wildman–Crippen MR) is 77.8 cm³/mol. The summed E-state index contributed by atoms with van der Waals surface area (Å²) in [5.74, 6) is 6.00. The second-order valence-electron chi connectivity index (χ2n) is 4.68. The van der Waals surface area contributed by atoms with Gasteiger partial charge in [0.25, 0.3) is 0 Å². The number of rotatable bonds is 10. The normalized spacial score (nSPS) is 11.5. The molecule has 0 amide bonds. The van der Waals surface area contributed by atoms with E-state index in [-0.39, 0.29) is 12.1 Å². The SMILES string of the molecule is CCCCCCCCC#CC(CCC(=O)OC)OC. The smallest absolute Gasteiger partial charge is 0.305 e.